The summed E-state index contributed by atoms with van der Waals surface area (Å²) >= 11 is 0. The topological polar surface area (TPSA) is 0 Å². The molecule has 0 saturated heterocycles. The maximum absolute atomic E-state index is 4.17. The van der Waals surface area contributed by atoms with Crippen LogP contribution in [0, 0.1) is 17.8 Å². The van der Waals surface area contributed by atoms with Crippen LogP contribution in [0.25, 0.3) is 0 Å². The summed E-state index contributed by atoms with van der Waals surface area (Å²) in [6, 6.07) is 0. The van der Waals surface area contributed by atoms with E-state index in [9.17, 15) is 0 Å². The lowest BCUT2D eigenvalue weighted by Gasteiger charge is -2.26. The van der Waals surface area contributed by atoms with E-state index in [4.69, 9.17) is 0 Å². The molecule has 0 rings (SSSR count). The van der Waals surface area contributed by atoms with Crippen LogP contribution in [0.1, 0.15) is 79.6 Å². The number of rotatable bonds is 8. The van der Waals surface area contributed by atoms with Crippen LogP contribution in [-0.4, -0.2) is 0 Å². The van der Waals surface area contributed by atoms with E-state index in [2.05, 4.69) is 41.5 Å². The molecule has 0 bridgehead atoms. The van der Waals surface area contributed by atoms with E-state index in [0.29, 0.717) is 5.41 Å². The predicted octanol–water partition coefficient (Wildman–Crippen LogP) is 5.62. The highest BCUT2D eigenvalue weighted by atomic mass is 14.2. The van der Waals surface area contributed by atoms with Gasteiger partial charge in [0.25, 0.3) is 0 Å². The fraction of sp³-hybridized carbons (Fsp3) is 0.933. The van der Waals surface area contributed by atoms with Gasteiger partial charge in [-0.25, -0.2) is 0 Å². The van der Waals surface area contributed by atoms with Crippen molar-refractivity contribution in [3.63, 3.8) is 0 Å². The van der Waals surface area contributed by atoms with Crippen LogP contribution in [-0.2, 0) is 0 Å². The first-order valence-electron chi connectivity index (χ1n) is 6.62. The van der Waals surface area contributed by atoms with Gasteiger partial charge in [-0.3, -0.25) is 0 Å². The third-order valence-electron chi connectivity index (χ3n) is 3.16. The van der Waals surface area contributed by atoms with Crippen molar-refractivity contribution in [2.45, 2.75) is 79.6 Å². The van der Waals surface area contributed by atoms with Gasteiger partial charge in [-0.2, -0.15) is 0 Å². The summed E-state index contributed by atoms with van der Waals surface area (Å²) in [5, 5.41) is 0. The molecule has 0 nitrogen and oxygen atoms in total. The second-order valence-electron chi connectivity index (χ2n) is 6.64. The lowest BCUT2D eigenvalue weighted by molar-refractivity contribution is 0.267. The highest BCUT2D eigenvalue weighted by molar-refractivity contribution is 4.74. The molecule has 0 heterocycles. The second kappa shape index (κ2) is 6.55. The van der Waals surface area contributed by atoms with Crippen molar-refractivity contribution in [2.24, 2.45) is 10.8 Å². The van der Waals surface area contributed by atoms with Crippen LogP contribution >= 0.6 is 0 Å². The minimum absolute atomic E-state index is 0.263. The zero-order valence-corrected chi connectivity index (χ0v) is 11.7. The SMILES string of the molecule is [CH2]C(C)(C)CCCC(C)(C)CCCCC. The van der Waals surface area contributed by atoms with E-state index >= 15 is 0 Å². The molecule has 0 aromatic rings. The molecule has 0 N–H and O–H groups in total. The van der Waals surface area contributed by atoms with Gasteiger partial charge in [0.05, 0.1) is 0 Å². The monoisotopic (exact) mass is 211 g/mol. The van der Waals surface area contributed by atoms with E-state index in [1.165, 1.54) is 44.9 Å². The summed E-state index contributed by atoms with van der Waals surface area (Å²) in [6.45, 7) is 15.7. The van der Waals surface area contributed by atoms with E-state index in [1.807, 2.05) is 0 Å². The molecule has 0 unspecified atom stereocenters. The minimum Gasteiger partial charge on any atom is -0.0654 e. The highest BCUT2D eigenvalue weighted by Gasteiger charge is 2.18. The Kier molecular flexibility index (Phi) is 6.55. The van der Waals surface area contributed by atoms with E-state index in [0.717, 1.165) is 0 Å². The molecule has 0 heteroatoms. The largest absolute Gasteiger partial charge is 0.0654 e. The van der Waals surface area contributed by atoms with Gasteiger partial charge < -0.3 is 0 Å². The van der Waals surface area contributed by atoms with Crippen molar-refractivity contribution in [1.82, 2.24) is 0 Å². The maximum Gasteiger partial charge on any atom is -0.0354 e. The summed E-state index contributed by atoms with van der Waals surface area (Å²) in [5.41, 5.74) is 0.805. The van der Waals surface area contributed by atoms with Gasteiger partial charge in [-0.1, -0.05) is 60.3 Å². The molecule has 0 atom stereocenters. The highest BCUT2D eigenvalue weighted by Crippen LogP contribution is 2.32. The Morgan fingerprint density at radius 3 is 1.80 bits per heavy atom. The summed E-state index contributed by atoms with van der Waals surface area (Å²) in [7, 11) is 0. The van der Waals surface area contributed by atoms with E-state index < -0.39 is 0 Å². The lowest BCUT2D eigenvalue weighted by atomic mass is 9.79. The molecule has 0 aliphatic heterocycles. The summed E-state index contributed by atoms with van der Waals surface area (Å²) in [5.74, 6) is 0. The fourth-order valence-electron chi connectivity index (χ4n) is 2.02. The summed E-state index contributed by atoms with van der Waals surface area (Å²) in [4.78, 5) is 0. The number of hydrogen-bond donors (Lipinski definition) is 0. The molecular weight excluding hydrogens is 180 g/mol. The van der Waals surface area contributed by atoms with Gasteiger partial charge in [-0.05, 0) is 37.0 Å². The summed E-state index contributed by atoms with van der Waals surface area (Å²) in [6.07, 6.45) is 9.46. The van der Waals surface area contributed by atoms with Gasteiger partial charge in [0.1, 0.15) is 0 Å². The van der Waals surface area contributed by atoms with Crippen molar-refractivity contribution in [3.05, 3.63) is 6.92 Å². The second-order valence-corrected chi connectivity index (χ2v) is 6.64. The van der Waals surface area contributed by atoms with Crippen molar-refractivity contribution < 1.29 is 0 Å². The molecule has 0 saturated carbocycles. The Hall–Kier alpha value is 0. The van der Waals surface area contributed by atoms with Crippen LogP contribution in [0.4, 0.5) is 0 Å². The molecular formula is C15H31. The first kappa shape index (κ1) is 15.0. The van der Waals surface area contributed by atoms with Gasteiger partial charge >= 0.3 is 0 Å². The molecule has 0 amide bonds. The van der Waals surface area contributed by atoms with Crippen LogP contribution in [0.2, 0.25) is 0 Å². The fourth-order valence-corrected chi connectivity index (χ4v) is 2.02. The van der Waals surface area contributed by atoms with Crippen LogP contribution in [0.15, 0.2) is 0 Å². The van der Waals surface area contributed by atoms with Crippen LogP contribution in [0.5, 0.6) is 0 Å². The van der Waals surface area contributed by atoms with Gasteiger partial charge in [0.15, 0.2) is 0 Å². The summed E-state index contributed by atoms with van der Waals surface area (Å²) < 4.78 is 0. The van der Waals surface area contributed by atoms with E-state index in [1.54, 1.807) is 0 Å². The molecule has 0 aliphatic rings. The Morgan fingerprint density at radius 2 is 1.33 bits per heavy atom. The zero-order valence-electron chi connectivity index (χ0n) is 11.7. The predicted molar refractivity (Wildman–Crippen MR) is 70.9 cm³/mol. The Labute approximate surface area is 97.8 Å². The molecule has 1 radical (unpaired) electrons. The third kappa shape index (κ3) is 10.3. The maximum atomic E-state index is 4.17. The normalized spacial score (nSPS) is 13.2. The molecule has 15 heavy (non-hydrogen) atoms. The number of unbranched alkanes of at least 4 members (excludes halogenated alkanes) is 2. The number of hydrogen-bond acceptors (Lipinski definition) is 0. The Morgan fingerprint density at radius 1 is 0.800 bits per heavy atom. The standard InChI is InChI=1S/C15H31/c1-7-8-9-12-15(5,6)13-10-11-14(2,3)4/h2,7-13H2,1,3-6H3. The average molecular weight is 211 g/mol. The third-order valence-corrected chi connectivity index (χ3v) is 3.16. The van der Waals surface area contributed by atoms with Crippen LogP contribution in [0.3, 0.4) is 0 Å². The van der Waals surface area contributed by atoms with E-state index in [-0.39, 0.29) is 5.41 Å². The first-order valence-corrected chi connectivity index (χ1v) is 6.62. The van der Waals surface area contributed by atoms with Gasteiger partial charge in [0, 0.05) is 0 Å². The van der Waals surface area contributed by atoms with Crippen molar-refractivity contribution in [3.8, 4) is 0 Å². The molecule has 0 spiro atoms. The minimum atomic E-state index is 0.263. The van der Waals surface area contributed by atoms with Crippen molar-refractivity contribution in [2.75, 3.05) is 0 Å². The molecule has 0 aromatic carbocycles. The molecule has 0 aromatic heterocycles. The van der Waals surface area contributed by atoms with Gasteiger partial charge in [0.2, 0.25) is 0 Å². The zero-order chi connectivity index (χ0) is 11.9. The molecule has 91 valence electrons. The van der Waals surface area contributed by atoms with Crippen molar-refractivity contribution >= 4 is 0 Å². The van der Waals surface area contributed by atoms with Crippen LogP contribution < -0.4 is 0 Å². The quantitative estimate of drug-likeness (QED) is 0.457. The Balaban J connectivity index is 3.64. The average Bonchev–Trinajstić information content (AvgIpc) is 2.01. The molecule has 0 fully saturated rings. The molecule has 0 aliphatic carbocycles. The lowest BCUT2D eigenvalue weighted by Crippen LogP contribution is -2.13. The van der Waals surface area contributed by atoms with Crippen molar-refractivity contribution in [1.29, 1.82) is 0 Å². The van der Waals surface area contributed by atoms with Gasteiger partial charge in [-0.15, -0.1) is 0 Å². The Bertz CT molecular complexity index is 148. The first-order chi connectivity index (χ1) is 6.77. The smallest absolute Gasteiger partial charge is 0.0354 e.